The van der Waals surface area contributed by atoms with Gasteiger partial charge in [-0.05, 0) is 18.2 Å². The van der Waals surface area contributed by atoms with Crippen LogP contribution in [0.2, 0.25) is 5.02 Å². The minimum atomic E-state index is -3.15. The summed E-state index contributed by atoms with van der Waals surface area (Å²) in [5, 5.41) is 0.168. The molecule has 1 aromatic rings. The third-order valence-corrected chi connectivity index (χ3v) is 7.59. The van der Waals surface area contributed by atoms with Gasteiger partial charge in [-0.2, -0.15) is 4.99 Å². The number of carbonyl (C=O) groups excluding carboxylic acids is 1. The van der Waals surface area contributed by atoms with Gasteiger partial charge in [0.25, 0.3) is 5.91 Å². The van der Waals surface area contributed by atoms with E-state index in [4.69, 9.17) is 11.6 Å². The summed E-state index contributed by atoms with van der Waals surface area (Å²) in [5.74, 6) is -0.841. The Kier molecular flexibility index (Phi) is 4.66. The predicted octanol–water partition coefficient (Wildman–Crippen LogP) is 3.13. The molecule has 0 saturated carbocycles. The first kappa shape index (κ1) is 18.7. The fourth-order valence-electron chi connectivity index (χ4n) is 2.76. The van der Waals surface area contributed by atoms with E-state index in [1.54, 1.807) is 25.7 Å². The van der Waals surface area contributed by atoms with Crippen molar-refractivity contribution < 1.29 is 17.6 Å². The summed E-state index contributed by atoms with van der Waals surface area (Å²) in [6.07, 6.45) is 0. The van der Waals surface area contributed by atoms with Gasteiger partial charge in [0, 0.05) is 16.4 Å². The number of amidine groups is 1. The lowest BCUT2D eigenvalue weighted by Gasteiger charge is -2.25. The highest BCUT2D eigenvalue weighted by Gasteiger charge is 2.49. The molecule has 0 N–H and O–H groups in total. The van der Waals surface area contributed by atoms with E-state index in [-0.39, 0.29) is 33.7 Å². The molecule has 136 valence electrons. The van der Waals surface area contributed by atoms with E-state index in [1.807, 2.05) is 0 Å². The number of sulfone groups is 1. The third kappa shape index (κ3) is 3.71. The van der Waals surface area contributed by atoms with Crippen LogP contribution < -0.4 is 4.90 Å². The van der Waals surface area contributed by atoms with Crippen LogP contribution in [0.15, 0.2) is 23.2 Å². The predicted molar refractivity (Wildman–Crippen MR) is 99.6 cm³/mol. The molecule has 0 spiro atoms. The molecular formula is C16H18ClFN2O3S2. The topological polar surface area (TPSA) is 66.8 Å². The number of nitrogens with zero attached hydrogens (tertiary/aromatic N) is 2. The maximum atomic E-state index is 13.5. The lowest BCUT2D eigenvalue weighted by atomic mass is 9.96. The molecule has 25 heavy (non-hydrogen) atoms. The third-order valence-electron chi connectivity index (χ3n) is 4.09. The van der Waals surface area contributed by atoms with Gasteiger partial charge in [0.15, 0.2) is 15.0 Å². The Morgan fingerprint density at radius 2 is 2.04 bits per heavy atom. The summed E-state index contributed by atoms with van der Waals surface area (Å²) in [6, 6.07) is 3.83. The monoisotopic (exact) mass is 404 g/mol. The smallest absolute Gasteiger partial charge is 0.253 e. The number of amides is 1. The minimum absolute atomic E-state index is 0.0254. The van der Waals surface area contributed by atoms with E-state index in [1.165, 1.54) is 30.0 Å². The average Bonchev–Trinajstić information content (AvgIpc) is 2.92. The quantitative estimate of drug-likeness (QED) is 0.719. The summed E-state index contributed by atoms with van der Waals surface area (Å²) in [5.41, 5.74) is -0.118. The van der Waals surface area contributed by atoms with Crippen molar-refractivity contribution in [1.82, 2.24) is 0 Å². The number of benzene rings is 1. The first-order chi connectivity index (χ1) is 11.5. The van der Waals surface area contributed by atoms with Gasteiger partial charge in [0.05, 0.1) is 22.6 Å². The molecule has 5 nitrogen and oxygen atoms in total. The Morgan fingerprint density at radius 1 is 1.36 bits per heavy atom. The van der Waals surface area contributed by atoms with E-state index in [0.717, 1.165) is 0 Å². The molecule has 1 amide bonds. The average molecular weight is 405 g/mol. The van der Waals surface area contributed by atoms with Crippen molar-refractivity contribution in [1.29, 1.82) is 0 Å². The van der Waals surface area contributed by atoms with Crippen LogP contribution >= 0.6 is 23.4 Å². The zero-order valence-corrected chi connectivity index (χ0v) is 16.4. The molecule has 2 atom stereocenters. The first-order valence-electron chi connectivity index (χ1n) is 7.72. The molecule has 2 saturated heterocycles. The highest BCUT2D eigenvalue weighted by molar-refractivity contribution is 8.16. The Labute approximate surface area is 155 Å². The largest absolute Gasteiger partial charge is 0.316 e. The number of halogens is 2. The molecule has 2 heterocycles. The first-order valence-corrected chi connectivity index (χ1v) is 10.8. The maximum Gasteiger partial charge on any atom is 0.253 e. The normalized spacial score (nSPS) is 26.9. The fourth-order valence-corrected chi connectivity index (χ4v) is 6.84. The van der Waals surface area contributed by atoms with Crippen LogP contribution in [0, 0.1) is 11.2 Å². The molecule has 2 aliphatic rings. The molecule has 3 rings (SSSR count). The summed E-state index contributed by atoms with van der Waals surface area (Å²) >= 11 is 7.16. The van der Waals surface area contributed by atoms with Gasteiger partial charge in [-0.15, -0.1) is 0 Å². The second-order valence-electron chi connectivity index (χ2n) is 7.22. The van der Waals surface area contributed by atoms with Crippen LogP contribution in [0.25, 0.3) is 0 Å². The number of hydrogen-bond donors (Lipinski definition) is 0. The van der Waals surface area contributed by atoms with Gasteiger partial charge in [0.2, 0.25) is 0 Å². The van der Waals surface area contributed by atoms with Gasteiger partial charge in [-0.3, -0.25) is 4.79 Å². The lowest BCUT2D eigenvalue weighted by molar-refractivity contribution is -0.124. The van der Waals surface area contributed by atoms with Gasteiger partial charge in [0.1, 0.15) is 5.82 Å². The van der Waals surface area contributed by atoms with Crippen molar-refractivity contribution in [3.05, 3.63) is 29.0 Å². The van der Waals surface area contributed by atoms with Crippen LogP contribution in [-0.4, -0.2) is 42.3 Å². The highest BCUT2D eigenvalue weighted by atomic mass is 35.5. The Balaban J connectivity index is 2.05. The van der Waals surface area contributed by atoms with Crippen LogP contribution in [0.5, 0.6) is 0 Å². The van der Waals surface area contributed by atoms with E-state index in [2.05, 4.69) is 4.99 Å². The fraction of sp³-hybridized carbons (Fsp3) is 0.500. The summed E-state index contributed by atoms with van der Waals surface area (Å²) in [6.45, 7) is 5.30. The van der Waals surface area contributed by atoms with Gasteiger partial charge in [-0.1, -0.05) is 44.1 Å². The Morgan fingerprint density at radius 3 is 2.64 bits per heavy atom. The van der Waals surface area contributed by atoms with Crippen LogP contribution in [0.4, 0.5) is 10.1 Å². The standard InChI is InChI=1S/C16H18ClFN2O3S2/c1-16(2,3)14(21)19-15-20(9-4-5-11(18)10(17)6-9)12-7-25(22,23)8-13(12)24-15/h4-6,12-13H,7-8H2,1-3H3/t12-,13-/m1/s1. The molecule has 0 bridgehead atoms. The van der Waals surface area contributed by atoms with Crippen molar-refractivity contribution in [2.24, 2.45) is 10.4 Å². The molecule has 0 aliphatic carbocycles. The summed E-state index contributed by atoms with van der Waals surface area (Å²) < 4.78 is 37.5. The summed E-state index contributed by atoms with van der Waals surface area (Å²) in [4.78, 5) is 18.3. The van der Waals surface area contributed by atoms with Gasteiger partial charge < -0.3 is 4.90 Å². The summed E-state index contributed by atoms with van der Waals surface area (Å²) in [7, 11) is -3.15. The number of rotatable bonds is 1. The Hall–Kier alpha value is -1.12. The zero-order valence-electron chi connectivity index (χ0n) is 14.0. The Bertz CT molecular complexity index is 865. The SMILES string of the molecule is CC(C)(C)C(=O)N=C1S[C@@H]2CS(=O)(=O)C[C@H]2N1c1ccc(F)c(Cl)c1. The van der Waals surface area contributed by atoms with E-state index in [0.29, 0.717) is 10.9 Å². The van der Waals surface area contributed by atoms with E-state index >= 15 is 0 Å². The molecule has 0 radical (unpaired) electrons. The number of carbonyl (C=O) groups is 1. The van der Waals surface area contributed by atoms with Crippen LogP contribution in [0.3, 0.4) is 0 Å². The molecule has 2 fully saturated rings. The van der Waals surface area contributed by atoms with Crippen LogP contribution in [-0.2, 0) is 14.6 Å². The van der Waals surface area contributed by atoms with Crippen molar-refractivity contribution in [3.8, 4) is 0 Å². The van der Waals surface area contributed by atoms with E-state index < -0.39 is 21.1 Å². The second-order valence-corrected chi connectivity index (χ2v) is 11.0. The molecule has 9 heteroatoms. The van der Waals surface area contributed by atoms with Crippen LogP contribution in [0.1, 0.15) is 20.8 Å². The number of anilines is 1. The molecule has 2 aliphatic heterocycles. The molecule has 0 aromatic heterocycles. The zero-order chi connectivity index (χ0) is 18.6. The van der Waals surface area contributed by atoms with Gasteiger partial charge >= 0.3 is 0 Å². The van der Waals surface area contributed by atoms with Crippen molar-refractivity contribution in [3.63, 3.8) is 0 Å². The van der Waals surface area contributed by atoms with E-state index in [9.17, 15) is 17.6 Å². The molecular weight excluding hydrogens is 387 g/mol. The number of hydrogen-bond acceptors (Lipinski definition) is 4. The maximum absolute atomic E-state index is 13.5. The highest BCUT2D eigenvalue weighted by Crippen LogP contribution is 2.42. The lowest BCUT2D eigenvalue weighted by Crippen LogP contribution is -2.38. The number of fused-ring (bicyclic) bond motifs is 1. The number of aliphatic imine (C=N–C) groups is 1. The van der Waals surface area contributed by atoms with Crippen molar-refractivity contribution in [2.75, 3.05) is 16.4 Å². The van der Waals surface area contributed by atoms with Crippen molar-refractivity contribution in [2.45, 2.75) is 32.1 Å². The van der Waals surface area contributed by atoms with Gasteiger partial charge in [-0.25, -0.2) is 12.8 Å². The number of thioether (sulfide) groups is 1. The molecule has 0 unspecified atom stereocenters. The van der Waals surface area contributed by atoms with Crippen molar-refractivity contribution >= 4 is 50.0 Å². The minimum Gasteiger partial charge on any atom is -0.316 e. The second kappa shape index (κ2) is 6.25. The molecule has 1 aromatic carbocycles.